The number of hydrogen-bond donors (Lipinski definition) is 0. The van der Waals surface area contributed by atoms with Gasteiger partial charge in [-0.15, -0.1) is 0 Å². The molecule has 0 bridgehead atoms. The van der Waals surface area contributed by atoms with Crippen molar-refractivity contribution in [3.8, 4) is 5.75 Å². The van der Waals surface area contributed by atoms with Crippen LogP contribution in [0.1, 0.15) is 5.56 Å². The summed E-state index contributed by atoms with van der Waals surface area (Å²) in [5.41, 5.74) is 1.17. The van der Waals surface area contributed by atoms with Gasteiger partial charge in [-0.05, 0) is 29.8 Å². The van der Waals surface area contributed by atoms with Gasteiger partial charge in [-0.3, -0.25) is 9.69 Å². The average molecular weight is 381 g/mol. The second kappa shape index (κ2) is 8.47. The van der Waals surface area contributed by atoms with E-state index in [9.17, 15) is 13.6 Å². The molecular weight excluding hydrogens is 362 g/mol. The van der Waals surface area contributed by atoms with Crippen LogP contribution in [-0.4, -0.2) is 48.5 Å². The molecule has 1 aliphatic heterocycles. The lowest BCUT2D eigenvalue weighted by Crippen LogP contribution is -2.49. The highest BCUT2D eigenvalue weighted by Crippen LogP contribution is 2.19. The van der Waals surface area contributed by atoms with Crippen molar-refractivity contribution in [2.45, 2.75) is 6.54 Å². The van der Waals surface area contributed by atoms with Crippen molar-refractivity contribution < 1.29 is 18.3 Å². The highest BCUT2D eigenvalue weighted by Gasteiger charge is 2.22. The van der Waals surface area contributed by atoms with Crippen molar-refractivity contribution >= 4 is 17.5 Å². The Morgan fingerprint density at radius 2 is 1.73 bits per heavy atom. The Kier molecular flexibility index (Phi) is 6.06. The van der Waals surface area contributed by atoms with Gasteiger partial charge in [-0.2, -0.15) is 4.39 Å². The normalized spacial score (nSPS) is 15.1. The van der Waals surface area contributed by atoms with Crippen LogP contribution in [0, 0.1) is 11.6 Å². The first-order valence-corrected chi connectivity index (χ1v) is 8.72. The third-order valence-electron chi connectivity index (χ3n) is 4.31. The fourth-order valence-corrected chi connectivity index (χ4v) is 2.96. The Bertz CT molecular complexity index is 763. The van der Waals surface area contributed by atoms with Crippen LogP contribution >= 0.6 is 11.6 Å². The minimum atomic E-state index is -1.08. The third kappa shape index (κ3) is 4.71. The van der Waals surface area contributed by atoms with Gasteiger partial charge in [0.15, 0.2) is 18.2 Å². The summed E-state index contributed by atoms with van der Waals surface area (Å²) >= 11 is 5.89. The monoisotopic (exact) mass is 380 g/mol. The van der Waals surface area contributed by atoms with E-state index in [0.29, 0.717) is 18.1 Å². The van der Waals surface area contributed by atoms with E-state index in [1.54, 1.807) is 4.90 Å². The van der Waals surface area contributed by atoms with E-state index >= 15 is 0 Å². The summed E-state index contributed by atoms with van der Waals surface area (Å²) in [5, 5.41) is 0.707. The number of carbonyl (C=O) groups excluding carboxylic acids is 1. The SMILES string of the molecule is O=C(COc1cccc(F)c1F)N1CCN(Cc2ccc(Cl)cc2)CC1. The molecule has 4 nitrogen and oxygen atoms in total. The quantitative estimate of drug-likeness (QED) is 0.797. The first-order chi connectivity index (χ1) is 12.5. The number of amides is 1. The minimum absolute atomic E-state index is 0.236. The lowest BCUT2D eigenvalue weighted by molar-refractivity contribution is -0.135. The van der Waals surface area contributed by atoms with Crippen LogP contribution < -0.4 is 4.74 Å². The Hall–Kier alpha value is -2.18. The molecule has 1 amide bonds. The summed E-state index contributed by atoms with van der Waals surface area (Å²) in [6, 6.07) is 11.3. The topological polar surface area (TPSA) is 32.8 Å². The van der Waals surface area contributed by atoms with Crippen molar-refractivity contribution in [3.05, 3.63) is 64.7 Å². The second-order valence-corrected chi connectivity index (χ2v) is 6.56. The predicted molar refractivity (Wildman–Crippen MR) is 95.2 cm³/mol. The van der Waals surface area contributed by atoms with Crippen molar-refractivity contribution in [1.82, 2.24) is 9.80 Å². The number of rotatable bonds is 5. The molecule has 2 aromatic carbocycles. The molecule has 138 valence electrons. The van der Waals surface area contributed by atoms with Gasteiger partial charge in [-0.25, -0.2) is 4.39 Å². The molecule has 2 aromatic rings. The number of carbonyl (C=O) groups is 1. The smallest absolute Gasteiger partial charge is 0.260 e. The Morgan fingerprint density at radius 3 is 2.42 bits per heavy atom. The van der Waals surface area contributed by atoms with E-state index in [2.05, 4.69) is 4.90 Å². The zero-order chi connectivity index (χ0) is 18.5. The minimum Gasteiger partial charge on any atom is -0.481 e. The van der Waals surface area contributed by atoms with Crippen molar-refractivity contribution in [1.29, 1.82) is 0 Å². The van der Waals surface area contributed by atoms with Crippen LogP contribution in [0.5, 0.6) is 5.75 Å². The summed E-state index contributed by atoms with van der Waals surface area (Å²) in [4.78, 5) is 16.1. The van der Waals surface area contributed by atoms with Gasteiger partial charge >= 0.3 is 0 Å². The zero-order valence-corrected chi connectivity index (χ0v) is 14.9. The van der Waals surface area contributed by atoms with Gasteiger partial charge in [-0.1, -0.05) is 29.8 Å². The highest BCUT2D eigenvalue weighted by molar-refractivity contribution is 6.30. The maximum atomic E-state index is 13.5. The molecule has 1 fully saturated rings. The molecule has 0 spiro atoms. The third-order valence-corrected chi connectivity index (χ3v) is 4.56. The van der Waals surface area contributed by atoms with Gasteiger partial charge in [0.25, 0.3) is 5.91 Å². The van der Waals surface area contributed by atoms with Crippen LogP contribution in [0.4, 0.5) is 8.78 Å². The van der Waals surface area contributed by atoms with Crippen LogP contribution in [0.15, 0.2) is 42.5 Å². The molecule has 1 aliphatic rings. The number of benzene rings is 2. The van der Waals surface area contributed by atoms with Gasteiger partial charge < -0.3 is 9.64 Å². The highest BCUT2D eigenvalue weighted by atomic mass is 35.5. The molecule has 26 heavy (non-hydrogen) atoms. The number of hydrogen-bond acceptors (Lipinski definition) is 3. The molecule has 0 N–H and O–H groups in total. The van der Waals surface area contributed by atoms with Crippen LogP contribution in [-0.2, 0) is 11.3 Å². The number of piperazine rings is 1. The molecule has 3 rings (SSSR count). The summed E-state index contributed by atoms with van der Waals surface area (Å²) in [5.74, 6) is -2.56. The maximum Gasteiger partial charge on any atom is 0.260 e. The van der Waals surface area contributed by atoms with Gasteiger partial charge in [0.05, 0.1) is 0 Å². The van der Waals surface area contributed by atoms with E-state index in [-0.39, 0.29) is 18.3 Å². The molecule has 1 saturated heterocycles. The zero-order valence-electron chi connectivity index (χ0n) is 14.1. The standard InChI is InChI=1S/C19H19ClF2N2O2/c20-15-6-4-14(5-7-15)12-23-8-10-24(11-9-23)18(25)13-26-17-3-1-2-16(21)19(17)22/h1-7H,8-13H2. The second-order valence-electron chi connectivity index (χ2n) is 6.12. The van der Waals surface area contributed by atoms with Gasteiger partial charge in [0, 0.05) is 37.7 Å². The summed E-state index contributed by atoms with van der Waals surface area (Å²) in [6.07, 6.45) is 0. The Labute approximate surface area is 155 Å². The molecule has 0 saturated carbocycles. The number of nitrogens with zero attached hydrogens (tertiary/aromatic N) is 2. The first kappa shape index (κ1) is 18.6. The van der Waals surface area contributed by atoms with E-state index in [4.69, 9.17) is 16.3 Å². The van der Waals surface area contributed by atoms with Crippen LogP contribution in [0.25, 0.3) is 0 Å². The molecule has 1 heterocycles. The van der Waals surface area contributed by atoms with Crippen LogP contribution in [0.2, 0.25) is 5.02 Å². The van der Waals surface area contributed by atoms with E-state index in [1.807, 2.05) is 24.3 Å². The maximum absolute atomic E-state index is 13.5. The van der Waals surface area contributed by atoms with Crippen molar-refractivity contribution in [2.75, 3.05) is 32.8 Å². The van der Waals surface area contributed by atoms with Crippen LogP contribution in [0.3, 0.4) is 0 Å². The molecule has 7 heteroatoms. The summed E-state index contributed by atoms with van der Waals surface area (Å²) < 4.78 is 31.8. The summed E-state index contributed by atoms with van der Waals surface area (Å²) in [7, 11) is 0. The Morgan fingerprint density at radius 1 is 1.04 bits per heavy atom. The molecule has 0 atom stereocenters. The summed E-state index contributed by atoms with van der Waals surface area (Å²) in [6.45, 7) is 3.11. The lowest BCUT2D eigenvalue weighted by atomic mass is 10.2. The van der Waals surface area contributed by atoms with Gasteiger partial charge in [0.2, 0.25) is 5.82 Å². The van der Waals surface area contributed by atoms with E-state index in [0.717, 1.165) is 25.7 Å². The fourth-order valence-electron chi connectivity index (χ4n) is 2.83. The Balaban J connectivity index is 1.46. The van der Waals surface area contributed by atoms with E-state index in [1.165, 1.54) is 17.7 Å². The van der Waals surface area contributed by atoms with Gasteiger partial charge in [0.1, 0.15) is 0 Å². The largest absolute Gasteiger partial charge is 0.481 e. The number of ether oxygens (including phenoxy) is 1. The lowest BCUT2D eigenvalue weighted by Gasteiger charge is -2.34. The fraction of sp³-hybridized carbons (Fsp3) is 0.316. The molecule has 0 aromatic heterocycles. The predicted octanol–water partition coefficient (Wildman–Crippen LogP) is 3.34. The van der Waals surface area contributed by atoms with E-state index < -0.39 is 11.6 Å². The molecule has 0 radical (unpaired) electrons. The molecular formula is C19H19ClF2N2O2. The molecule has 0 unspecified atom stereocenters. The average Bonchev–Trinajstić information content (AvgIpc) is 2.65. The number of halogens is 3. The van der Waals surface area contributed by atoms with Crippen molar-refractivity contribution in [2.24, 2.45) is 0 Å². The van der Waals surface area contributed by atoms with Crippen molar-refractivity contribution in [3.63, 3.8) is 0 Å². The first-order valence-electron chi connectivity index (χ1n) is 8.34. The molecule has 0 aliphatic carbocycles.